The van der Waals surface area contributed by atoms with Crippen LogP contribution in [0, 0.1) is 0 Å². The summed E-state index contributed by atoms with van der Waals surface area (Å²) in [6.45, 7) is 1.43. The molecule has 0 unspecified atom stereocenters. The molecule has 0 spiro atoms. The lowest BCUT2D eigenvalue weighted by Gasteiger charge is -2.05. The van der Waals surface area contributed by atoms with E-state index >= 15 is 0 Å². The summed E-state index contributed by atoms with van der Waals surface area (Å²) < 4.78 is 0. The Hall–Kier alpha value is -2.64. The number of nitrogens with one attached hydrogen (secondary N) is 2. The Morgan fingerprint density at radius 2 is 1.85 bits per heavy atom. The minimum atomic E-state index is -0.268. The highest BCUT2D eigenvalue weighted by Gasteiger charge is 2.11. The minimum Gasteiger partial charge on any atom is -0.326 e. The second-order valence-corrected chi connectivity index (χ2v) is 7.22. The summed E-state index contributed by atoms with van der Waals surface area (Å²) in [5.74, 6) is -0.449. The molecule has 2 amide bonds. The van der Waals surface area contributed by atoms with Crippen molar-refractivity contribution in [3.05, 3.63) is 59.5 Å². The molecule has 0 saturated heterocycles. The third kappa shape index (κ3) is 4.50. The van der Waals surface area contributed by atoms with Crippen LogP contribution in [0.5, 0.6) is 0 Å². The second kappa shape index (κ2) is 8.16. The van der Waals surface area contributed by atoms with Crippen LogP contribution in [0.1, 0.15) is 17.3 Å². The quantitative estimate of drug-likeness (QED) is 0.624. The summed E-state index contributed by atoms with van der Waals surface area (Å²) in [7, 11) is 0. The van der Waals surface area contributed by atoms with Gasteiger partial charge in [0.15, 0.2) is 5.13 Å². The number of aromatic nitrogens is 1. The second-order valence-electron chi connectivity index (χ2n) is 5.48. The van der Waals surface area contributed by atoms with E-state index in [1.807, 2.05) is 35.9 Å². The fourth-order valence-electron chi connectivity index (χ4n) is 2.34. The molecule has 0 aliphatic heterocycles. The zero-order valence-corrected chi connectivity index (χ0v) is 15.9. The van der Waals surface area contributed by atoms with Crippen LogP contribution in [-0.2, 0) is 4.79 Å². The molecule has 3 aromatic rings. The normalized spacial score (nSPS) is 10.4. The zero-order chi connectivity index (χ0) is 18.5. The Balaban J connectivity index is 1.72. The van der Waals surface area contributed by atoms with Gasteiger partial charge >= 0.3 is 0 Å². The van der Waals surface area contributed by atoms with Crippen molar-refractivity contribution in [1.29, 1.82) is 0 Å². The molecule has 1 heterocycles. The maximum absolute atomic E-state index is 12.4. The Bertz CT molecular complexity index is 936. The fraction of sp³-hybridized carbons (Fsp3) is 0.105. The van der Waals surface area contributed by atoms with Crippen LogP contribution >= 0.6 is 23.1 Å². The predicted octanol–water partition coefficient (Wildman–Crippen LogP) is 4.74. The van der Waals surface area contributed by atoms with Crippen molar-refractivity contribution in [2.45, 2.75) is 11.8 Å². The van der Waals surface area contributed by atoms with Gasteiger partial charge in [0.1, 0.15) is 0 Å². The maximum atomic E-state index is 12.4. The molecule has 0 atom stereocenters. The lowest BCUT2D eigenvalue weighted by molar-refractivity contribution is -0.114. The Morgan fingerprint density at radius 3 is 2.54 bits per heavy atom. The number of amides is 2. The molecule has 0 aliphatic rings. The highest BCUT2D eigenvalue weighted by Crippen LogP contribution is 2.27. The molecule has 132 valence electrons. The Kier molecular flexibility index (Phi) is 5.70. The molecule has 5 nitrogen and oxygen atoms in total. The minimum absolute atomic E-state index is 0.181. The third-order valence-electron chi connectivity index (χ3n) is 3.56. The zero-order valence-electron chi connectivity index (χ0n) is 14.3. The van der Waals surface area contributed by atoms with Crippen LogP contribution in [0.3, 0.4) is 0 Å². The highest BCUT2D eigenvalue weighted by atomic mass is 32.2. The molecule has 0 aliphatic carbocycles. The van der Waals surface area contributed by atoms with Gasteiger partial charge < -0.3 is 5.32 Å². The van der Waals surface area contributed by atoms with Gasteiger partial charge in [-0.1, -0.05) is 18.2 Å². The molecule has 2 N–H and O–H groups in total. The van der Waals surface area contributed by atoms with E-state index in [2.05, 4.69) is 15.6 Å². The first-order valence-corrected chi connectivity index (χ1v) is 9.94. The van der Waals surface area contributed by atoms with Crippen LogP contribution in [0.4, 0.5) is 10.8 Å². The van der Waals surface area contributed by atoms with Crippen molar-refractivity contribution >= 4 is 45.7 Å². The number of hydrogen-bond donors (Lipinski definition) is 2. The van der Waals surface area contributed by atoms with Crippen molar-refractivity contribution in [2.24, 2.45) is 0 Å². The van der Waals surface area contributed by atoms with Gasteiger partial charge in [-0.3, -0.25) is 14.9 Å². The number of anilines is 2. The number of carbonyl (C=O) groups excluding carboxylic acids is 2. The lowest BCUT2D eigenvalue weighted by Crippen LogP contribution is -2.13. The van der Waals surface area contributed by atoms with Crippen molar-refractivity contribution in [1.82, 2.24) is 4.98 Å². The van der Waals surface area contributed by atoms with Crippen molar-refractivity contribution in [3.8, 4) is 11.3 Å². The van der Waals surface area contributed by atoms with Crippen molar-refractivity contribution in [3.63, 3.8) is 0 Å². The van der Waals surface area contributed by atoms with Crippen LogP contribution in [0.15, 0.2) is 58.8 Å². The third-order valence-corrected chi connectivity index (χ3v) is 5.06. The van der Waals surface area contributed by atoms with Gasteiger partial charge in [0.05, 0.1) is 5.69 Å². The van der Waals surface area contributed by atoms with E-state index in [4.69, 9.17) is 0 Å². The highest BCUT2D eigenvalue weighted by molar-refractivity contribution is 7.98. The SMILES string of the molecule is CSc1ccc(-c2csc(NC(=O)c3cccc(NC(C)=O)c3)n2)cc1. The topological polar surface area (TPSA) is 71.1 Å². The van der Waals surface area contributed by atoms with E-state index in [0.717, 1.165) is 11.3 Å². The van der Waals surface area contributed by atoms with Gasteiger partial charge in [-0.15, -0.1) is 23.1 Å². The van der Waals surface area contributed by atoms with E-state index in [0.29, 0.717) is 16.4 Å². The van der Waals surface area contributed by atoms with E-state index in [9.17, 15) is 9.59 Å². The van der Waals surface area contributed by atoms with Crippen molar-refractivity contribution < 1.29 is 9.59 Å². The summed E-state index contributed by atoms with van der Waals surface area (Å²) >= 11 is 3.06. The Morgan fingerprint density at radius 1 is 1.08 bits per heavy atom. The first kappa shape index (κ1) is 18.2. The average molecular weight is 383 g/mol. The summed E-state index contributed by atoms with van der Waals surface area (Å²) in [6, 6.07) is 14.9. The number of thiazole rings is 1. The number of benzene rings is 2. The molecule has 1 aromatic heterocycles. The van der Waals surface area contributed by atoms with Gasteiger partial charge in [0, 0.05) is 34.0 Å². The summed E-state index contributed by atoms with van der Waals surface area (Å²) in [4.78, 5) is 29.2. The molecular weight excluding hydrogens is 366 g/mol. The van der Waals surface area contributed by atoms with Gasteiger partial charge in [-0.25, -0.2) is 4.98 Å². The number of rotatable bonds is 5. The predicted molar refractivity (Wildman–Crippen MR) is 108 cm³/mol. The molecule has 0 bridgehead atoms. The lowest BCUT2D eigenvalue weighted by atomic mass is 10.2. The van der Waals surface area contributed by atoms with Gasteiger partial charge in [-0.05, 0) is 36.6 Å². The first-order chi connectivity index (χ1) is 12.5. The molecule has 0 radical (unpaired) electrons. The molecule has 3 rings (SSSR count). The van der Waals surface area contributed by atoms with E-state index in [-0.39, 0.29) is 11.8 Å². The molecule has 0 saturated carbocycles. The van der Waals surface area contributed by atoms with E-state index in [1.165, 1.54) is 23.2 Å². The largest absolute Gasteiger partial charge is 0.326 e. The van der Waals surface area contributed by atoms with Crippen LogP contribution in [0.25, 0.3) is 11.3 Å². The average Bonchev–Trinajstić information content (AvgIpc) is 3.10. The monoisotopic (exact) mass is 383 g/mol. The Labute approximate surface area is 159 Å². The van der Waals surface area contributed by atoms with Crippen LogP contribution in [-0.4, -0.2) is 23.1 Å². The molecule has 7 heteroatoms. The van der Waals surface area contributed by atoms with E-state index in [1.54, 1.807) is 36.0 Å². The summed E-state index contributed by atoms with van der Waals surface area (Å²) in [6.07, 6.45) is 2.03. The summed E-state index contributed by atoms with van der Waals surface area (Å²) in [5, 5.41) is 7.91. The number of carbonyl (C=O) groups is 2. The van der Waals surface area contributed by atoms with Gasteiger partial charge in [0.25, 0.3) is 5.91 Å². The van der Waals surface area contributed by atoms with Crippen LogP contribution < -0.4 is 10.6 Å². The molecule has 26 heavy (non-hydrogen) atoms. The number of thioether (sulfide) groups is 1. The smallest absolute Gasteiger partial charge is 0.257 e. The fourth-order valence-corrected chi connectivity index (χ4v) is 3.46. The van der Waals surface area contributed by atoms with Gasteiger partial charge in [-0.2, -0.15) is 0 Å². The molecule has 0 fully saturated rings. The standard InChI is InChI=1S/C19H17N3O2S2/c1-12(23)20-15-5-3-4-14(10-15)18(24)22-19-21-17(11-26-19)13-6-8-16(25-2)9-7-13/h3-11H,1-2H3,(H,20,23)(H,21,22,24). The molecular formula is C19H17N3O2S2. The van der Waals surface area contributed by atoms with Gasteiger partial charge in [0.2, 0.25) is 5.91 Å². The van der Waals surface area contributed by atoms with E-state index < -0.39 is 0 Å². The maximum Gasteiger partial charge on any atom is 0.257 e. The number of hydrogen-bond acceptors (Lipinski definition) is 5. The first-order valence-electron chi connectivity index (χ1n) is 7.84. The van der Waals surface area contributed by atoms with Crippen molar-refractivity contribution in [2.75, 3.05) is 16.9 Å². The number of nitrogens with zero attached hydrogens (tertiary/aromatic N) is 1. The summed E-state index contributed by atoms with van der Waals surface area (Å²) in [5.41, 5.74) is 2.87. The van der Waals surface area contributed by atoms with Crippen LogP contribution in [0.2, 0.25) is 0 Å². The molecule has 2 aromatic carbocycles.